The van der Waals surface area contributed by atoms with E-state index in [2.05, 4.69) is 223 Å². The molecule has 8 heteroatoms. The van der Waals surface area contributed by atoms with Crippen LogP contribution in [-0.2, 0) is 0 Å². The molecule has 67 heavy (non-hydrogen) atoms. The quantitative estimate of drug-likeness (QED) is 0.167. The summed E-state index contributed by atoms with van der Waals surface area (Å²) in [6.45, 7) is 0. The molecule has 0 bridgehead atoms. The van der Waals surface area contributed by atoms with Crippen LogP contribution in [0.1, 0.15) is 30.9 Å². The summed E-state index contributed by atoms with van der Waals surface area (Å²) in [7, 11) is 1.95. The average molecular weight is 865 g/mol. The van der Waals surface area contributed by atoms with Gasteiger partial charge in [-0.1, -0.05) is 134 Å². The molecule has 320 valence electrons. The van der Waals surface area contributed by atoms with E-state index >= 15 is 0 Å². The molecule has 7 aromatic carbocycles. The third kappa shape index (κ3) is 5.47. The number of hydrogen-bond acceptors (Lipinski definition) is 4. The Morgan fingerprint density at radius 1 is 0.493 bits per heavy atom. The highest BCUT2D eigenvalue weighted by Crippen LogP contribution is 2.45. The van der Waals surface area contributed by atoms with Crippen LogP contribution in [0.25, 0.3) is 104 Å². The Hall–Kier alpha value is -8.62. The number of benzene rings is 7. The van der Waals surface area contributed by atoms with Gasteiger partial charge in [0.2, 0.25) is 0 Å². The predicted molar refractivity (Wildman–Crippen MR) is 280 cm³/mol. The van der Waals surface area contributed by atoms with Crippen molar-refractivity contribution in [3.05, 3.63) is 200 Å². The molecule has 0 fully saturated rings. The van der Waals surface area contributed by atoms with Crippen molar-refractivity contribution in [2.75, 3.05) is 17.8 Å². The maximum atomic E-state index is 5.75. The minimum Gasteiger partial charge on any atom is -0.370 e. The van der Waals surface area contributed by atoms with Crippen molar-refractivity contribution < 1.29 is 0 Å². The highest BCUT2D eigenvalue weighted by atomic mass is 15.4. The molecule has 5 heterocycles. The molecule has 0 aliphatic heterocycles. The van der Waals surface area contributed by atoms with Crippen molar-refractivity contribution in [3.8, 4) is 11.5 Å². The van der Waals surface area contributed by atoms with Crippen molar-refractivity contribution in [2.45, 2.75) is 25.2 Å². The molecule has 2 aliphatic rings. The van der Waals surface area contributed by atoms with Crippen LogP contribution in [0.4, 0.5) is 11.6 Å². The number of nitrogens with zero attached hydrogens (tertiary/aromatic N) is 6. The second-order valence-corrected chi connectivity index (χ2v) is 17.7. The molecule has 1 atom stereocenters. The average Bonchev–Trinajstić information content (AvgIpc) is 4.12. The molecule has 8 nitrogen and oxygen atoms in total. The summed E-state index contributed by atoms with van der Waals surface area (Å²) in [4.78, 5) is 11.5. The molecular formula is C59H44N8. The molecule has 0 spiro atoms. The lowest BCUT2D eigenvalue weighted by Gasteiger charge is -2.22. The maximum Gasteiger partial charge on any atom is 0.188 e. The molecular weight excluding hydrogens is 821 g/mol. The minimum absolute atomic E-state index is 0.0244. The van der Waals surface area contributed by atoms with Gasteiger partial charge in [-0.25, -0.2) is 9.97 Å². The Bertz CT molecular complexity index is 4150. The molecule has 1 unspecified atom stereocenters. The van der Waals surface area contributed by atoms with Crippen LogP contribution in [0.15, 0.2) is 194 Å². The SMILES string of the molecule is CNc1nc(-n2c3ccccc3c3ccc4c(c5ccccc5n4C4=CC=CCC4)c32)c(C2C=CC=CC2)nc1Nn1c2ccccc2c2ccc3c(c4ccccc4n3-c3ccccc3)c21. The summed E-state index contributed by atoms with van der Waals surface area (Å²) in [5.41, 5.74) is 16.3. The lowest BCUT2D eigenvalue weighted by atomic mass is 9.96. The third-order valence-electron chi connectivity index (χ3n) is 14.1. The summed E-state index contributed by atoms with van der Waals surface area (Å²) in [5.74, 6) is 2.09. The number of anilines is 2. The van der Waals surface area contributed by atoms with Crippen LogP contribution in [-0.4, -0.2) is 35.4 Å². The van der Waals surface area contributed by atoms with Crippen LogP contribution in [0.3, 0.4) is 0 Å². The van der Waals surface area contributed by atoms with E-state index in [1.165, 1.54) is 49.0 Å². The minimum atomic E-state index is -0.0244. The lowest BCUT2D eigenvalue weighted by Crippen LogP contribution is -2.17. The highest BCUT2D eigenvalue weighted by molar-refractivity contribution is 6.27. The number of rotatable bonds is 7. The smallest absolute Gasteiger partial charge is 0.188 e. The van der Waals surface area contributed by atoms with Gasteiger partial charge in [0, 0.05) is 67.4 Å². The van der Waals surface area contributed by atoms with E-state index in [9.17, 15) is 0 Å². The molecule has 2 aliphatic carbocycles. The first-order chi connectivity index (χ1) is 33.2. The van der Waals surface area contributed by atoms with Crippen LogP contribution in [0.2, 0.25) is 0 Å². The van der Waals surface area contributed by atoms with E-state index in [4.69, 9.17) is 9.97 Å². The fraction of sp³-hybridized carbons (Fsp3) is 0.0847. The lowest BCUT2D eigenvalue weighted by molar-refractivity contribution is 0.790. The van der Waals surface area contributed by atoms with Crippen molar-refractivity contribution in [1.29, 1.82) is 0 Å². The molecule has 2 N–H and O–H groups in total. The molecule has 0 radical (unpaired) electrons. The van der Waals surface area contributed by atoms with Gasteiger partial charge in [-0.2, -0.15) is 0 Å². The monoisotopic (exact) mass is 864 g/mol. The fourth-order valence-electron chi connectivity index (χ4n) is 11.3. The van der Waals surface area contributed by atoms with Gasteiger partial charge >= 0.3 is 0 Å². The Morgan fingerprint density at radius 2 is 1.10 bits per heavy atom. The summed E-state index contributed by atoms with van der Waals surface area (Å²) < 4.78 is 9.50. The molecule has 5 aromatic heterocycles. The first-order valence-corrected chi connectivity index (χ1v) is 23.3. The van der Waals surface area contributed by atoms with Crippen molar-refractivity contribution >= 4 is 105 Å². The normalized spacial score (nSPS) is 15.1. The van der Waals surface area contributed by atoms with Gasteiger partial charge in [-0.3, -0.25) is 14.7 Å². The number of nitrogens with one attached hydrogen (secondary N) is 2. The summed E-state index contributed by atoms with van der Waals surface area (Å²) in [5, 5.41) is 13.0. The first kappa shape index (κ1) is 37.7. The number of aromatic nitrogens is 6. The van der Waals surface area contributed by atoms with Gasteiger partial charge in [-0.05, 0) is 79.9 Å². The predicted octanol–water partition coefficient (Wildman–Crippen LogP) is 14.6. The number of fused-ring (bicyclic) bond motifs is 14. The summed E-state index contributed by atoms with van der Waals surface area (Å²) in [6, 6.07) is 54.9. The molecule has 14 rings (SSSR count). The largest absolute Gasteiger partial charge is 0.370 e. The number of hydrogen-bond donors (Lipinski definition) is 2. The van der Waals surface area contributed by atoms with Crippen molar-refractivity contribution in [3.63, 3.8) is 0 Å². The first-order valence-electron chi connectivity index (χ1n) is 23.3. The van der Waals surface area contributed by atoms with Gasteiger partial charge in [0.1, 0.15) is 0 Å². The van der Waals surface area contributed by atoms with Crippen LogP contribution in [0.5, 0.6) is 0 Å². The van der Waals surface area contributed by atoms with Crippen LogP contribution < -0.4 is 10.7 Å². The molecule has 0 saturated carbocycles. The molecule has 12 aromatic rings. The van der Waals surface area contributed by atoms with E-state index < -0.39 is 0 Å². The topological polar surface area (TPSA) is 69.6 Å². The maximum absolute atomic E-state index is 5.75. The Labute approximate surface area is 385 Å². The summed E-state index contributed by atoms with van der Waals surface area (Å²) in [6.07, 6.45) is 18.3. The van der Waals surface area contributed by atoms with Gasteiger partial charge < -0.3 is 14.5 Å². The second kappa shape index (κ2) is 14.7. The van der Waals surface area contributed by atoms with E-state index in [1.807, 2.05) is 7.05 Å². The Morgan fingerprint density at radius 3 is 1.79 bits per heavy atom. The zero-order valence-corrected chi connectivity index (χ0v) is 36.9. The van der Waals surface area contributed by atoms with E-state index in [0.29, 0.717) is 11.6 Å². The van der Waals surface area contributed by atoms with Gasteiger partial charge in [0.15, 0.2) is 17.5 Å². The number of para-hydroxylation sites is 5. The summed E-state index contributed by atoms with van der Waals surface area (Å²) >= 11 is 0. The van der Waals surface area contributed by atoms with Crippen molar-refractivity contribution in [2.24, 2.45) is 0 Å². The van der Waals surface area contributed by atoms with Crippen molar-refractivity contribution in [1.82, 2.24) is 28.3 Å². The fourth-order valence-corrected chi connectivity index (χ4v) is 11.3. The Balaban J connectivity index is 1.06. The van der Waals surface area contributed by atoms with E-state index in [-0.39, 0.29) is 5.92 Å². The number of allylic oxidation sites excluding steroid dienone is 8. The third-order valence-corrected chi connectivity index (χ3v) is 14.1. The highest BCUT2D eigenvalue weighted by Gasteiger charge is 2.28. The molecule has 0 saturated heterocycles. The molecule has 0 amide bonds. The van der Waals surface area contributed by atoms with Crippen LogP contribution in [0, 0.1) is 0 Å². The zero-order valence-electron chi connectivity index (χ0n) is 36.9. The van der Waals surface area contributed by atoms with E-state index in [1.54, 1.807) is 0 Å². The zero-order chi connectivity index (χ0) is 44.2. The standard InChI is InChI=1S/C59H44N8/c1-60-57-58(63-67-49-32-18-12-26-41(49)43-34-36-51-53(56(43)67)45-28-14-17-31-48(45)65(51)39-23-9-4-10-24-39)61-54(37-19-5-2-6-20-37)59(62-57)66-46-29-15-11-25-40(46)42-33-35-50-52(55(42)66)44-27-13-16-30-47(44)64(50)38-21-7-3-8-22-38/h2-7,9-19,21,23-37H,8,20,22H2,1H3,(H,60,62)(H,61,63). The van der Waals surface area contributed by atoms with Crippen LogP contribution >= 0.6 is 0 Å². The Kier molecular flexibility index (Phi) is 8.28. The van der Waals surface area contributed by atoms with E-state index in [0.717, 1.165) is 80.3 Å². The van der Waals surface area contributed by atoms with Gasteiger partial charge in [0.25, 0.3) is 0 Å². The van der Waals surface area contributed by atoms with Gasteiger partial charge in [-0.15, -0.1) is 0 Å². The second-order valence-electron chi connectivity index (χ2n) is 17.7. The van der Waals surface area contributed by atoms with Gasteiger partial charge in [0.05, 0.1) is 49.8 Å².